The van der Waals surface area contributed by atoms with Crippen molar-refractivity contribution in [3.8, 4) is 0 Å². The summed E-state index contributed by atoms with van der Waals surface area (Å²) in [4.78, 5) is 13.1. The first kappa shape index (κ1) is 14.0. The van der Waals surface area contributed by atoms with Gasteiger partial charge in [0.05, 0.1) is 0 Å². The molecule has 0 aromatic heterocycles. The van der Waals surface area contributed by atoms with Gasteiger partial charge in [0.25, 0.3) is 0 Å². The van der Waals surface area contributed by atoms with E-state index in [4.69, 9.17) is 5.14 Å². The van der Waals surface area contributed by atoms with Gasteiger partial charge in [-0.25, -0.2) is 17.9 Å². The number of nitrogens with two attached hydrogens (primary N) is 1. The van der Waals surface area contributed by atoms with Gasteiger partial charge in [-0.2, -0.15) is 0 Å². The van der Waals surface area contributed by atoms with E-state index in [-0.39, 0.29) is 31.2 Å². The molecule has 1 amide bonds. The van der Waals surface area contributed by atoms with E-state index < -0.39 is 15.3 Å². The van der Waals surface area contributed by atoms with Gasteiger partial charge in [-0.05, 0) is 24.1 Å². The van der Waals surface area contributed by atoms with Crippen molar-refractivity contribution < 1.29 is 17.6 Å². The fourth-order valence-corrected chi connectivity index (χ4v) is 2.83. The number of halogens is 1. The Bertz CT molecular complexity index is 615. The van der Waals surface area contributed by atoms with Gasteiger partial charge in [0.15, 0.2) is 0 Å². The fourth-order valence-electron chi connectivity index (χ4n) is 2.06. The number of likely N-dealkylation sites (tertiary alicyclic amines) is 1. The Morgan fingerprint density at radius 1 is 1.47 bits per heavy atom. The molecule has 1 saturated heterocycles. The zero-order valence-electron chi connectivity index (χ0n) is 10.5. The van der Waals surface area contributed by atoms with Gasteiger partial charge in [-0.15, -0.1) is 0 Å². The van der Waals surface area contributed by atoms with Gasteiger partial charge in [0, 0.05) is 19.5 Å². The summed E-state index contributed by atoms with van der Waals surface area (Å²) < 4.78 is 35.8. The standard InChI is InChI=1S/C12H15FN2O3S/c1-8-2-3-9(4-11(8)13)6-15-7-10(5-12(15)16)19(14,17)18/h2-4,10H,5-7H2,1H3,(H2,14,17,18). The number of carbonyl (C=O) groups excluding carboxylic acids is 1. The predicted molar refractivity (Wildman–Crippen MR) is 68.1 cm³/mol. The lowest BCUT2D eigenvalue weighted by atomic mass is 10.1. The molecule has 0 bridgehead atoms. The summed E-state index contributed by atoms with van der Waals surface area (Å²) in [6.45, 7) is 1.91. The Balaban J connectivity index is 2.12. The third-order valence-corrected chi connectivity index (χ3v) is 4.50. The van der Waals surface area contributed by atoms with Crippen LogP contribution < -0.4 is 5.14 Å². The molecule has 19 heavy (non-hydrogen) atoms. The molecule has 5 nitrogen and oxygen atoms in total. The topological polar surface area (TPSA) is 80.5 Å². The number of sulfonamides is 1. The fraction of sp³-hybridized carbons (Fsp3) is 0.417. The normalized spacial score (nSPS) is 20.1. The number of benzene rings is 1. The van der Waals surface area contributed by atoms with Gasteiger partial charge >= 0.3 is 0 Å². The van der Waals surface area contributed by atoms with Crippen LogP contribution in [0.4, 0.5) is 4.39 Å². The first-order valence-electron chi connectivity index (χ1n) is 5.82. The second-order valence-corrected chi connectivity index (χ2v) is 6.62. The maximum absolute atomic E-state index is 13.4. The molecule has 0 aliphatic carbocycles. The molecule has 1 aromatic carbocycles. The molecule has 1 aliphatic rings. The zero-order valence-corrected chi connectivity index (χ0v) is 11.3. The van der Waals surface area contributed by atoms with Crippen LogP contribution in [0.3, 0.4) is 0 Å². The number of nitrogens with zero attached hydrogens (tertiary/aromatic N) is 1. The van der Waals surface area contributed by atoms with Gasteiger partial charge in [0.2, 0.25) is 15.9 Å². The molecule has 0 radical (unpaired) electrons. The lowest BCUT2D eigenvalue weighted by Crippen LogP contribution is -2.31. The minimum absolute atomic E-state index is 0.0627. The summed E-state index contributed by atoms with van der Waals surface area (Å²) in [6.07, 6.45) is -0.104. The van der Waals surface area contributed by atoms with E-state index in [0.29, 0.717) is 11.1 Å². The molecule has 1 aliphatic heterocycles. The second kappa shape index (κ2) is 4.90. The summed E-state index contributed by atoms with van der Waals surface area (Å²) in [5, 5.41) is 4.17. The Morgan fingerprint density at radius 3 is 2.68 bits per heavy atom. The number of hydrogen-bond acceptors (Lipinski definition) is 3. The van der Waals surface area contributed by atoms with E-state index in [2.05, 4.69) is 0 Å². The van der Waals surface area contributed by atoms with Crippen molar-refractivity contribution in [3.05, 3.63) is 35.1 Å². The molecule has 2 rings (SSSR count). The number of aryl methyl sites for hydroxylation is 1. The molecular weight excluding hydrogens is 271 g/mol. The van der Waals surface area contributed by atoms with Crippen molar-refractivity contribution in [2.45, 2.75) is 25.1 Å². The largest absolute Gasteiger partial charge is 0.337 e. The smallest absolute Gasteiger partial charge is 0.224 e. The molecule has 1 fully saturated rings. The van der Waals surface area contributed by atoms with Crippen LogP contribution in [0.25, 0.3) is 0 Å². The van der Waals surface area contributed by atoms with Crippen LogP contribution in [0.5, 0.6) is 0 Å². The van der Waals surface area contributed by atoms with E-state index in [0.717, 1.165) is 0 Å². The molecule has 1 unspecified atom stereocenters. The SMILES string of the molecule is Cc1ccc(CN2CC(S(N)(=O)=O)CC2=O)cc1F. The van der Waals surface area contributed by atoms with E-state index in [1.54, 1.807) is 19.1 Å². The van der Waals surface area contributed by atoms with Crippen LogP contribution in [0, 0.1) is 12.7 Å². The number of hydrogen-bond donors (Lipinski definition) is 1. The first-order chi connectivity index (χ1) is 8.77. The van der Waals surface area contributed by atoms with Crippen LogP contribution in [0.2, 0.25) is 0 Å². The van der Waals surface area contributed by atoms with E-state index in [9.17, 15) is 17.6 Å². The Kier molecular flexibility index (Phi) is 3.60. The Labute approximate surface area is 111 Å². The molecule has 0 spiro atoms. The highest BCUT2D eigenvalue weighted by Gasteiger charge is 2.36. The summed E-state index contributed by atoms with van der Waals surface area (Å²) in [5.41, 5.74) is 1.16. The molecule has 1 atom stereocenters. The highest BCUT2D eigenvalue weighted by atomic mass is 32.2. The van der Waals surface area contributed by atoms with Gasteiger partial charge in [-0.1, -0.05) is 12.1 Å². The van der Waals surface area contributed by atoms with E-state index >= 15 is 0 Å². The highest BCUT2D eigenvalue weighted by Crippen LogP contribution is 2.20. The lowest BCUT2D eigenvalue weighted by molar-refractivity contribution is -0.128. The predicted octanol–water partition coefficient (Wildman–Crippen LogP) is 0.524. The first-order valence-corrected chi connectivity index (χ1v) is 7.43. The third kappa shape index (κ3) is 3.10. The number of rotatable bonds is 3. The highest BCUT2D eigenvalue weighted by molar-refractivity contribution is 7.89. The number of primary sulfonamides is 1. The molecule has 0 saturated carbocycles. The quantitative estimate of drug-likeness (QED) is 0.879. The third-order valence-electron chi connectivity index (χ3n) is 3.25. The number of carbonyl (C=O) groups is 1. The minimum Gasteiger partial charge on any atom is -0.337 e. The lowest BCUT2D eigenvalue weighted by Gasteiger charge is -2.16. The summed E-state index contributed by atoms with van der Waals surface area (Å²) in [5.74, 6) is -0.618. The monoisotopic (exact) mass is 286 g/mol. The van der Waals surface area contributed by atoms with Crippen molar-refractivity contribution >= 4 is 15.9 Å². The maximum Gasteiger partial charge on any atom is 0.224 e. The van der Waals surface area contributed by atoms with Gasteiger partial charge in [0.1, 0.15) is 11.1 Å². The second-order valence-electron chi connectivity index (χ2n) is 4.77. The van der Waals surface area contributed by atoms with Crippen LogP contribution in [0.1, 0.15) is 17.5 Å². The van der Waals surface area contributed by atoms with E-state index in [1.165, 1.54) is 11.0 Å². The Hall–Kier alpha value is -1.47. The van der Waals surface area contributed by atoms with Gasteiger partial charge < -0.3 is 4.90 Å². The summed E-state index contributed by atoms with van der Waals surface area (Å²) >= 11 is 0. The molecule has 104 valence electrons. The van der Waals surface area contributed by atoms with Crippen molar-refractivity contribution in [2.24, 2.45) is 5.14 Å². The van der Waals surface area contributed by atoms with Crippen LogP contribution >= 0.6 is 0 Å². The van der Waals surface area contributed by atoms with Gasteiger partial charge in [-0.3, -0.25) is 4.79 Å². The number of amides is 1. The molecular formula is C12H15FN2O3S. The van der Waals surface area contributed by atoms with Crippen molar-refractivity contribution in [3.63, 3.8) is 0 Å². The molecule has 1 aromatic rings. The zero-order chi connectivity index (χ0) is 14.2. The maximum atomic E-state index is 13.4. The summed E-state index contributed by atoms with van der Waals surface area (Å²) in [7, 11) is -3.71. The van der Waals surface area contributed by atoms with Crippen molar-refractivity contribution in [1.29, 1.82) is 0 Å². The van der Waals surface area contributed by atoms with Crippen molar-refractivity contribution in [2.75, 3.05) is 6.54 Å². The summed E-state index contributed by atoms with van der Waals surface area (Å²) in [6, 6.07) is 4.70. The van der Waals surface area contributed by atoms with Crippen LogP contribution in [0.15, 0.2) is 18.2 Å². The average molecular weight is 286 g/mol. The molecule has 2 N–H and O–H groups in total. The Morgan fingerprint density at radius 2 is 2.16 bits per heavy atom. The van der Waals surface area contributed by atoms with Crippen LogP contribution in [-0.2, 0) is 21.4 Å². The van der Waals surface area contributed by atoms with Crippen molar-refractivity contribution in [1.82, 2.24) is 4.90 Å². The van der Waals surface area contributed by atoms with Crippen LogP contribution in [-0.4, -0.2) is 31.0 Å². The molecule has 7 heteroatoms. The van der Waals surface area contributed by atoms with E-state index in [1.807, 2.05) is 0 Å². The molecule has 1 heterocycles. The minimum atomic E-state index is -3.71. The average Bonchev–Trinajstić information content (AvgIpc) is 2.65.